The molecule has 7 nitrogen and oxygen atoms in total. The van der Waals surface area contributed by atoms with E-state index in [1.165, 1.54) is 6.07 Å². The Morgan fingerprint density at radius 3 is 2.55 bits per heavy atom. The second kappa shape index (κ2) is 8.82. The van der Waals surface area contributed by atoms with Crippen molar-refractivity contribution >= 4 is 23.2 Å². The van der Waals surface area contributed by atoms with Gasteiger partial charge in [0, 0.05) is 32.2 Å². The molecule has 2 aliphatic rings. The van der Waals surface area contributed by atoms with Gasteiger partial charge in [-0.05, 0) is 36.4 Å². The van der Waals surface area contributed by atoms with E-state index in [0.29, 0.717) is 43.4 Å². The molecule has 0 aromatic heterocycles. The Morgan fingerprint density at radius 2 is 1.76 bits per heavy atom. The molecule has 1 saturated heterocycles. The highest BCUT2D eigenvalue weighted by Gasteiger charge is 2.28. The number of carbonyl (C=O) groups is 1. The molecule has 33 heavy (non-hydrogen) atoms. The first-order chi connectivity index (χ1) is 16.1. The van der Waals surface area contributed by atoms with Gasteiger partial charge in [0.1, 0.15) is 28.8 Å². The van der Waals surface area contributed by atoms with Crippen LogP contribution in [0, 0.1) is 5.82 Å². The number of anilines is 1. The third-order valence-corrected chi connectivity index (χ3v) is 5.72. The number of amides is 2. The summed E-state index contributed by atoms with van der Waals surface area (Å²) in [6.07, 6.45) is 0. The number of amidine groups is 1. The third kappa shape index (κ3) is 4.19. The number of methoxy groups -OCH3 is 1. The summed E-state index contributed by atoms with van der Waals surface area (Å²) in [5, 5.41) is 2.65. The topological polar surface area (TPSA) is 66.4 Å². The molecule has 5 rings (SSSR count). The largest absolute Gasteiger partial charge is 0.497 e. The molecule has 1 fully saturated rings. The Kier molecular flexibility index (Phi) is 5.56. The van der Waals surface area contributed by atoms with Crippen molar-refractivity contribution in [2.75, 3.05) is 38.6 Å². The summed E-state index contributed by atoms with van der Waals surface area (Å²) in [5.74, 6) is 2.36. The van der Waals surface area contributed by atoms with Gasteiger partial charge < -0.3 is 24.6 Å². The molecule has 0 saturated carbocycles. The number of halogens is 1. The van der Waals surface area contributed by atoms with Crippen molar-refractivity contribution in [3.63, 3.8) is 0 Å². The van der Waals surface area contributed by atoms with Crippen LogP contribution in [0.1, 0.15) is 5.56 Å². The van der Waals surface area contributed by atoms with Gasteiger partial charge in [-0.15, -0.1) is 0 Å². The smallest absolute Gasteiger partial charge is 0.322 e. The Hall–Kier alpha value is -4.07. The average Bonchev–Trinajstić information content (AvgIpc) is 3.01. The first-order valence-electron chi connectivity index (χ1n) is 10.7. The van der Waals surface area contributed by atoms with Crippen LogP contribution in [0.5, 0.6) is 17.2 Å². The lowest BCUT2D eigenvalue weighted by Crippen LogP contribution is -2.51. The maximum absolute atomic E-state index is 13.9. The van der Waals surface area contributed by atoms with Crippen molar-refractivity contribution in [3.05, 3.63) is 78.1 Å². The van der Waals surface area contributed by atoms with Crippen LogP contribution >= 0.6 is 0 Å². The van der Waals surface area contributed by atoms with Gasteiger partial charge in [-0.25, -0.2) is 14.2 Å². The zero-order chi connectivity index (χ0) is 22.8. The number of para-hydroxylation sites is 3. The van der Waals surface area contributed by atoms with Crippen LogP contribution in [0.4, 0.5) is 20.6 Å². The molecular formula is C25H23FN4O3. The van der Waals surface area contributed by atoms with Gasteiger partial charge in [-0.2, -0.15) is 0 Å². The number of hydrogen-bond donors (Lipinski definition) is 1. The molecule has 0 radical (unpaired) electrons. The number of fused-ring (bicyclic) bond motifs is 2. The highest BCUT2D eigenvalue weighted by molar-refractivity contribution is 6.04. The van der Waals surface area contributed by atoms with Gasteiger partial charge in [-0.1, -0.05) is 24.3 Å². The maximum Gasteiger partial charge on any atom is 0.322 e. The van der Waals surface area contributed by atoms with Crippen LogP contribution in [0.25, 0.3) is 0 Å². The SMILES string of the molecule is COc1ccc2c(c1)Oc1ccccc1N=C2N1CCN(C(=O)Nc2ccccc2F)CC1. The van der Waals surface area contributed by atoms with Crippen LogP contribution in [0.15, 0.2) is 71.7 Å². The molecule has 0 spiro atoms. The van der Waals surface area contributed by atoms with Crippen LogP contribution in [0.3, 0.4) is 0 Å². The molecule has 1 N–H and O–H groups in total. The van der Waals surface area contributed by atoms with E-state index < -0.39 is 5.82 Å². The quantitative estimate of drug-likeness (QED) is 0.610. The van der Waals surface area contributed by atoms with E-state index in [1.807, 2.05) is 42.5 Å². The number of carbonyl (C=O) groups excluding carboxylic acids is 1. The summed E-state index contributed by atoms with van der Waals surface area (Å²) in [6.45, 7) is 2.12. The minimum Gasteiger partial charge on any atom is -0.497 e. The van der Waals surface area contributed by atoms with E-state index in [9.17, 15) is 9.18 Å². The van der Waals surface area contributed by atoms with E-state index in [0.717, 1.165) is 17.1 Å². The first-order valence-corrected chi connectivity index (χ1v) is 10.7. The van der Waals surface area contributed by atoms with Gasteiger partial charge in [0.05, 0.1) is 18.4 Å². The predicted molar refractivity (Wildman–Crippen MR) is 124 cm³/mol. The lowest BCUT2D eigenvalue weighted by Gasteiger charge is -2.36. The number of nitrogens with zero attached hydrogens (tertiary/aromatic N) is 3. The molecule has 0 aliphatic carbocycles. The normalized spacial score (nSPS) is 14.9. The first kappa shape index (κ1) is 20.8. The Bertz CT molecular complexity index is 1220. The van der Waals surface area contributed by atoms with E-state index in [2.05, 4.69) is 10.2 Å². The van der Waals surface area contributed by atoms with E-state index in [1.54, 1.807) is 30.2 Å². The highest BCUT2D eigenvalue weighted by Crippen LogP contribution is 2.39. The van der Waals surface area contributed by atoms with Crippen molar-refractivity contribution in [2.24, 2.45) is 4.99 Å². The number of urea groups is 1. The molecule has 0 bridgehead atoms. The second-order valence-corrected chi connectivity index (χ2v) is 7.75. The minimum atomic E-state index is -0.456. The molecular weight excluding hydrogens is 423 g/mol. The molecule has 3 aromatic rings. The number of aliphatic imine (C=N–C) groups is 1. The Morgan fingerprint density at radius 1 is 1.00 bits per heavy atom. The molecule has 2 amide bonds. The lowest BCUT2D eigenvalue weighted by molar-refractivity contribution is 0.181. The van der Waals surface area contributed by atoms with Crippen molar-refractivity contribution < 1.29 is 18.7 Å². The number of benzene rings is 3. The predicted octanol–water partition coefficient (Wildman–Crippen LogP) is 4.87. The van der Waals surface area contributed by atoms with E-state index in [-0.39, 0.29) is 11.7 Å². The molecule has 3 aromatic carbocycles. The summed E-state index contributed by atoms with van der Waals surface area (Å²) in [4.78, 5) is 21.4. The number of nitrogens with one attached hydrogen (secondary N) is 1. The van der Waals surface area contributed by atoms with E-state index in [4.69, 9.17) is 14.5 Å². The summed E-state index contributed by atoms with van der Waals surface area (Å²) >= 11 is 0. The average molecular weight is 446 g/mol. The van der Waals surface area contributed by atoms with Crippen LogP contribution in [-0.2, 0) is 0 Å². The van der Waals surface area contributed by atoms with Gasteiger partial charge in [0.2, 0.25) is 0 Å². The number of ether oxygens (including phenoxy) is 2. The molecule has 8 heteroatoms. The zero-order valence-electron chi connectivity index (χ0n) is 18.1. The van der Waals surface area contributed by atoms with Crippen molar-refractivity contribution in [1.29, 1.82) is 0 Å². The molecule has 2 aliphatic heterocycles. The number of piperazine rings is 1. The van der Waals surface area contributed by atoms with Crippen molar-refractivity contribution in [2.45, 2.75) is 0 Å². The van der Waals surface area contributed by atoms with Crippen LogP contribution < -0.4 is 14.8 Å². The lowest BCUT2D eigenvalue weighted by atomic mass is 10.1. The zero-order valence-corrected chi connectivity index (χ0v) is 18.1. The van der Waals surface area contributed by atoms with Crippen LogP contribution in [-0.4, -0.2) is 55.0 Å². The van der Waals surface area contributed by atoms with Gasteiger partial charge in [0.15, 0.2) is 5.75 Å². The molecule has 0 atom stereocenters. The van der Waals surface area contributed by atoms with Gasteiger partial charge in [-0.3, -0.25) is 0 Å². The van der Waals surface area contributed by atoms with Gasteiger partial charge >= 0.3 is 6.03 Å². The number of hydrogen-bond acceptors (Lipinski definition) is 5. The fraction of sp³-hybridized carbons (Fsp3) is 0.200. The van der Waals surface area contributed by atoms with Gasteiger partial charge in [0.25, 0.3) is 0 Å². The standard InChI is InChI=1S/C25H23FN4O3/c1-32-17-10-11-18-23(16-17)33-22-9-5-4-8-21(22)27-24(18)29-12-14-30(15-13-29)25(31)28-20-7-3-2-6-19(20)26/h2-11,16H,12-15H2,1H3,(H,28,31). The molecule has 2 heterocycles. The highest BCUT2D eigenvalue weighted by atomic mass is 19.1. The minimum absolute atomic E-state index is 0.176. The van der Waals surface area contributed by atoms with E-state index >= 15 is 0 Å². The molecule has 0 unspecified atom stereocenters. The molecule has 168 valence electrons. The summed E-state index contributed by atoms with van der Waals surface area (Å²) in [5.41, 5.74) is 1.77. The monoisotopic (exact) mass is 446 g/mol. The third-order valence-electron chi connectivity index (χ3n) is 5.72. The second-order valence-electron chi connectivity index (χ2n) is 7.75. The summed E-state index contributed by atoms with van der Waals surface area (Å²) < 4.78 is 25.4. The Balaban J connectivity index is 1.37. The fourth-order valence-electron chi connectivity index (χ4n) is 3.95. The summed E-state index contributed by atoms with van der Waals surface area (Å²) in [7, 11) is 1.62. The summed E-state index contributed by atoms with van der Waals surface area (Å²) in [6, 6.07) is 19.1. The maximum atomic E-state index is 13.9. The Labute approximate surface area is 191 Å². The van der Waals surface area contributed by atoms with Crippen molar-refractivity contribution in [3.8, 4) is 17.2 Å². The fourth-order valence-corrected chi connectivity index (χ4v) is 3.95. The number of rotatable bonds is 2. The van der Waals surface area contributed by atoms with Crippen molar-refractivity contribution in [1.82, 2.24) is 9.80 Å². The van der Waals surface area contributed by atoms with Crippen LogP contribution in [0.2, 0.25) is 0 Å².